The third kappa shape index (κ3) is 2.67. The molecule has 64 valence electrons. The number of nitrogens with zero attached hydrogens (tertiary/aromatic N) is 1. The van der Waals surface area contributed by atoms with Gasteiger partial charge in [-0.25, -0.2) is 5.43 Å². The maximum atomic E-state index is 11.0. The van der Waals surface area contributed by atoms with E-state index in [9.17, 15) is 4.79 Å². The van der Waals surface area contributed by atoms with Crippen molar-refractivity contribution in [3.05, 3.63) is 30.1 Å². The number of nitrogens with one attached hydrogen (secondary N) is 2. The van der Waals surface area contributed by atoms with Crippen molar-refractivity contribution in [3.8, 4) is 0 Å². The van der Waals surface area contributed by atoms with E-state index in [0.717, 1.165) is 5.56 Å². The Morgan fingerprint density at radius 3 is 2.75 bits per heavy atom. The summed E-state index contributed by atoms with van der Waals surface area (Å²) in [4.78, 5) is 14.9. The van der Waals surface area contributed by atoms with Gasteiger partial charge in [0.25, 0.3) is 0 Å². The van der Waals surface area contributed by atoms with Crippen LogP contribution in [0.5, 0.6) is 0 Å². The first-order valence-corrected chi connectivity index (χ1v) is 3.67. The number of pyridine rings is 1. The summed E-state index contributed by atoms with van der Waals surface area (Å²) in [5.41, 5.74) is 6.01. The largest absolute Gasteiger partial charge is 0.292 e. The van der Waals surface area contributed by atoms with Gasteiger partial charge in [0.1, 0.15) is 0 Å². The summed E-state index contributed by atoms with van der Waals surface area (Å²) in [5, 5.41) is 0. The molecule has 0 bridgehead atoms. The maximum absolute atomic E-state index is 11.0. The molecule has 4 heteroatoms. The fourth-order valence-corrected chi connectivity index (χ4v) is 0.870. The highest BCUT2D eigenvalue weighted by Crippen LogP contribution is 1.96. The zero-order valence-electron chi connectivity index (χ0n) is 6.87. The number of amides is 1. The van der Waals surface area contributed by atoms with Crippen LogP contribution in [-0.4, -0.2) is 17.9 Å². The topological polar surface area (TPSA) is 54.0 Å². The number of carbonyl (C=O) groups excluding carboxylic acids is 1. The molecule has 1 aromatic heterocycles. The lowest BCUT2D eigenvalue weighted by Crippen LogP contribution is -2.35. The monoisotopic (exact) mass is 165 g/mol. The summed E-state index contributed by atoms with van der Waals surface area (Å²) in [5.74, 6) is -0.0521. The van der Waals surface area contributed by atoms with Crippen LogP contribution in [0.1, 0.15) is 5.56 Å². The van der Waals surface area contributed by atoms with Crippen LogP contribution < -0.4 is 10.9 Å². The van der Waals surface area contributed by atoms with Crippen LogP contribution in [-0.2, 0) is 11.2 Å². The molecule has 0 radical (unpaired) electrons. The minimum Gasteiger partial charge on any atom is -0.292 e. The lowest BCUT2D eigenvalue weighted by molar-refractivity contribution is -0.121. The van der Waals surface area contributed by atoms with Gasteiger partial charge in [0, 0.05) is 19.4 Å². The lowest BCUT2D eigenvalue weighted by Gasteiger charge is -2.01. The predicted molar refractivity (Wildman–Crippen MR) is 45.1 cm³/mol. The Hall–Kier alpha value is -1.42. The minimum atomic E-state index is -0.0521. The second kappa shape index (κ2) is 4.46. The first-order chi connectivity index (χ1) is 5.83. The predicted octanol–water partition coefficient (Wildman–Crippen LogP) is -0.125. The van der Waals surface area contributed by atoms with E-state index in [1.165, 1.54) is 0 Å². The second-order valence-corrected chi connectivity index (χ2v) is 2.33. The molecule has 0 aliphatic heterocycles. The molecule has 1 amide bonds. The van der Waals surface area contributed by atoms with Crippen molar-refractivity contribution in [2.45, 2.75) is 6.42 Å². The fourth-order valence-electron chi connectivity index (χ4n) is 0.870. The van der Waals surface area contributed by atoms with Crippen LogP contribution in [0.4, 0.5) is 0 Å². The zero-order valence-corrected chi connectivity index (χ0v) is 6.87. The summed E-state index contributed by atoms with van der Waals surface area (Å²) in [6.45, 7) is 0. The van der Waals surface area contributed by atoms with Crippen LogP contribution in [0.15, 0.2) is 24.5 Å². The molecule has 0 aliphatic rings. The molecule has 1 aromatic rings. The van der Waals surface area contributed by atoms with Crippen molar-refractivity contribution in [2.24, 2.45) is 0 Å². The molecule has 0 fully saturated rings. The molecule has 12 heavy (non-hydrogen) atoms. The Labute approximate surface area is 71.0 Å². The van der Waals surface area contributed by atoms with Gasteiger partial charge in [0.2, 0.25) is 5.91 Å². The normalized spacial score (nSPS) is 9.42. The smallest absolute Gasteiger partial charge is 0.238 e. The molecule has 2 N–H and O–H groups in total. The van der Waals surface area contributed by atoms with E-state index in [1.807, 2.05) is 12.1 Å². The quantitative estimate of drug-likeness (QED) is 0.614. The number of aromatic nitrogens is 1. The van der Waals surface area contributed by atoms with E-state index in [0.29, 0.717) is 6.42 Å². The molecule has 0 spiro atoms. The number of hydrogen-bond donors (Lipinski definition) is 2. The van der Waals surface area contributed by atoms with Gasteiger partial charge in [0.15, 0.2) is 0 Å². The Morgan fingerprint density at radius 2 is 2.17 bits per heavy atom. The summed E-state index contributed by atoms with van der Waals surface area (Å²) in [7, 11) is 1.66. The highest BCUT2D eigenvalue weighted by atomic mass is 16.2. The minimum absolute atomic E-state index is 0.0521. The molecular weight excluding hydrogens is 154 g/mol. The zero-order chi connectivity index (χ0) is 8.81. The van der Waals surface area contributed by atoms with E-state index >= 15 is 0 Å². The number of carbonyl (C=O) groups is 1. The average molecular weight is 165 g/mol. The Morgan fingerprint density at radius 1 is 1.50 bits per heavy atom. The molecule has 0 saturated heterocycles. The second-order valence-electron chi connectivity index (χ2n) is 2.33. The van der Waals surface area contributed by atoms with E-state index in [-0.39, 0.29) is 5.91 Å². The molecule has 4 nitrogen and oxygen atoms in total. The van der Waals surface area contributed by atoms with Crippen LogP contribution in [0, 0.1) is 0 Å². The van der Waals surface area contributed by atoms with Gasteiger partial charge in [-0.3, -0.25) is 15.2 Å². The maximum Gasteiger partial charge on any atom is 0.238 e. The number of hydrogen-bond acceptors (Lipinski definition) is 3. The van der Waals surface area contributed by atoms with Crippen LogP contribution in [0.2, 0.25) is 0 Å². The summed E-state index contributed by atoms with van der Waals surface area (Å²) in [6.07, 6.45) is 3.72. The van der Waals surface area contributed by atoms with E-state index in [4.69, 9.17) is 0 Å². The van der Waals surface area contributed by atoms with E-state index < -0.39 is 0 Å². The first-order valence-electron chi connectivity index (χ1n) is 3.67. The van der Waals surface area contributed by atoms with Crippen LogP contribution in [0.25, 0.3) is 0 Å². The van der Waals surface area contributed by atoms with Crippen LogP contribution >= 0.6 is 0 Å². The lowest BCUT2D eigenvalue weighted by atomic mass is 10.2. The highest BCUT2D eigenvalue weighted by Gasteiger charge is 1.99. The third-order valence-electron chi connectivity index (χ3n) is 1.38. The third-order valence-corrected chi connectivity index (χ3v) is 1.38. The molecule has 0 aliphatic carbocycles. The van der Waals surface area contributed by atoms with Gasteiger partial charge in [0.05, 0.1) is 6.42 Å². The van der Waals surface area contributed by atoms with Crippen molar-refractivity contribution < 1.29 is 4.79 Å². The van der Waals surface area contributed by atoms with Crippen molar-refractivity contribution in [2.75, 3.05) is 7.05 Å². The summed E-state index contributed by atoms with van der Waals surface area (Å²) >= 11 is 0. The fraction of sp³-hybridized carbons (Fsp3) is 0.250. The molecule has 0 unspecified atom stereocenters. The van der Waals surface area contributed by atoms with Gasteiger partial charge < -0.3 is 0 Å². The Kier molecular flexibility index (Phi) is 3.22. The summed E-state index contributed by atoms with van der Waals surface area (Å²) < 4.78 is 0. The van der Waals surface area contributed by atoms with Crippen LogP contribution in [0.3, 0.4) is 0 Å². The number of hydrazine groups is 1. The summed E-state index contributed by atoms with van der Waals surface area (Å²) in [6, 6.07) is 3.63. The highest BCUT2D eigenvalue weighted by molar-refractivity contribution is 5.77. The molecular formula is C8H11N3O. The standard InChI is InChI=1S/C8H11N3O/c1-9-11-8(12)6-7-2-4-10-5-3-7/h2-5,9H,6H2,1H3,(H,11,12). The SMILES string of the molecule is CNNC(=O)Cc1ccncc1. The van der Waals surface area contributed by atoms with Gasteiger partial charge in [-0.1, -0.05) is 0 Å². The van der Waals surface area contributed by atoms with E-state index in [2.05, 4.69) is 15.8 Å². The first kappa shape index (κ1) is 8.67. The molecule has 0 aromatic carbocycles. The van der Waals surface area contributed by atoms with Crippen molar-refractivity contribution in [1.82, 2.24) is 15.8 Å². The van der Waals surface area contributed by atoms with Gasteiger partial charge >= 0.3 is 0 Å². The molecule has 1 rings (SSSR count). The molecule has 0 saturated carbocycles. The van der Waals surface area contributed by atoms with Crippen molar-refractivity contribution in [3.63, 3.8) is 0 Å². The van der Waals surface area contributed by atoms with Gasteiger partial charge in [-0.15, -0.1) is 0 Å². The molecule has 1 heterocycles. The average Bonchev–Trinajstić information content (AvgIpc) is 2.06. The molecule has 0 atom stereocenters. The Balaban J connectivity index is 2.47. The van der Waals surface area contributed by atoms with Gasteiger partial charge in [-0.05, 0) is 17.7 Å². The Bertz CT molecular complexity index is 248. The van der Waals surface area contributed by atoms with Gasteiger partial charge in [-0.2, -0.15) is 0 Å². The van der Waals surface area contributed by atoms with Crippen molar-refractivity contribution >= 4 is 5.91 Å². The van der Waals surface area contributed by atoms with Crippen molar-refractivity contribution in [1.29, 1.82) is 0 Å². The number of rotatable bonds is 3. The van der Waals surface area contributed by atoms with E-state index in [1.54, 1.807) is 19.4 Å².